The number of carbonyl (C=O) groups excluding carboxylic acids is 1. The highest BCUT2D eigenvalue weighted by Gasteiger charge is 2.43. The molecule has 50 heavy (non-hydrogen) atoms. The van der Waals surface area contributed by atoms with Gasteiger partial charge in [0.25, 0.3) is 5.91 Å². The number of carboxylic acids is 1. The molecule has 0 spiro atoms. The van der Waals surface area contributed by atoms with E-state index in [-0.39, 0.29) is 25.3 Å². The van der Waals surface area contributed by atoms with Gasteiger partial charge in [-0.3, -0.25) is 4.79 Å². The first-order valence-electron chi connectivity index (χ1n) is 16.7. The maximum absolute atomic E-state index is 16.8. The Morgan fingerprint density at radius 2 is 1.58 bits per heavy atom. The molecule has 0 atom stereocenters. The Hall–Kier alpha value is -3.71. The summed E-state index contributed by atoms with van der Waals surface area (Å²) >= 11 is 5.67. The van der Waals surface area contributed by atoms with Crippen LogP contribution in [0.15, 0.2) is 47.2 Å². The largest absolute Gasteiger partial charge is 0.478 e. The van der Waals surface area contributed by atoms with Gasteiger partial charge in [0.15, 0.2) is 17.3 Å². The number of hydrogen-bond donors (Lipinski definition) is 2. The van der Waals surface area contributed by atoms with Gasteiger partial charge >= 0.3 is 5.97 Å². The highest BCUT2D eigenvalue weighted by molar-refractivity contribution is 6.98. The van der Waals surface area contributed by atoms with Crippen LogP contribution in [0, 0.1) is 17.5 Å². The first kappa shape index (κ1) is 39.1. The summed E-state index contributed by atoms with van der Waals surface area (Å²) in [5, 5.41) is 14.3. The van der Waals surface area contributed by atoms with Gasteiger partial charge in [0.05, 0.1) is 19.8 Å². The summed E-state index contributed by atoms with van der Waals surface area (Å²) in [5.41, 5.74) is -0.237. The van der Waals surface area contributed by atoms with E-state index in [1.54, 1.807) is 12.1 Å². The number of benzene rings is 2. The summed E-state index contributed by atoms with van der Waals surface area (Å²) in [6.45, 7) is 5.32. The Kier molecular flexibility index (Phi) is 13.3. The van der Waals surface area contributed by atoms with Crippen molar-refractivity contribution in [2.75, 3.05) is 71.9 Å². The Labute approximate surface area is 297 Å². The van der Waals surface area contributed by atoms with Gasteiger partial charge in [0.2, 0.25) is 0 Å². The quantitative estimate of drug-likeness (QED) is 0.0734. The van der Waals surface area contributed by atoms with Crippen LogP contribution in [0.5, 0.6) is 0 Å². The standard InChI is InChI=1S/C37H45ClF3N3O5Si/c1-43(2)23-11-13-25-27(21-23)50(5,6)28-22-24(44(3)4)12-14-26(28)29(25)30-31(37(46)47)34(40)35(41)32(33(30)39)36(45)42-16-18-49-20-19-48-17-10-8-7-9-15-38/h11-14,21-22H,7-10,15-20H2,1-6H3,(H-,42,45,46,47)/p+1. The van der Waals surface area contributed by atoms with Crippen LogP contribution >= 0.6 is 11.6 Å². The maximum Gasteiger partial charge on any atom is 0.339 e. The van der Waals surface area contributed by atoms with E-state index in [0.29, 0.717) is 30.2 Å². The van der Waals surface area contributed by atoms with Crippen LogP contribution in [0.25, 0.3) is 5.57 Å². The van der Waals surface area contributed by atoms with Gasteiger partial charge in [0, 0.05) is 56.5 Å². The topological polar surface area (TPSA) is 91.1 Å². The van der Waals surface area contributed by atoms with Crippen molar-refractivity contribution >= 4 is 53.7 Å². The average molecular weight is 733 g/mol. The fraction of sp³-hybridized carbons (Fsp3) is 0.432. The number of amides is 1. The van der Waals surface area contributed by atoms with Crippen molar-refractivity contribution in [3.63, 3.8) is 0 Å². The number of unbranched alkanes of at least 4 members (excludes halogenated alkanes) is 3. The highest BCUT2D eigenvalue weighted by atomic mass is 35.5. The maximum atomic E-state index is 16.8. The summed E-state index contributed by atoms with van der Waals surface area (Å²) in [5.74, 6) is -7.60. The van der Waals surface area contributed by atoms with Crippen LogP contribution in [0.4, 0.5) is 18.9 Å². The van der Waals surface area contributed by atoms with Crippen LogP contribution < -0.4 is 15.4 Å². The van der Waals surface area contributed by atoms with Crippen molar-refractivity contribution in [1.29, 1.82) is 0 Å². The predicted molar refractivity (Wildman–Crippen MR) is 195 cm³/mol. The van der Waals surface area contributed by atoms with Crippen molar-refractivity contribution in [3.05, 3.63) is 86.9 Å². The van der Waals surface area contributed by atoms with Crippen LogP contribution in [0.1, 0.15) is 57.5 Å². The molecule has 0 saturated heterocycles. The monoisotopic (exact) mass is 732 g/mol. The molecule has 2 N–H and O–H groups in total. The lowest BCUT2D eigenvalue weighted by atomic mass is 9.85. The van der Waals surface area contributed by atoms with Gasteiger partial charge in [-0.05, 0) is 58.1 Å². The van der Waals surface area contributed by atoms with Crippen LogP contribution in [-0.4, -0.2) is 102 Å². The second kappa shape index (κ2) is 17.0. The second-order valence-corrected chi connectivity index (χ2v) is 17.9. The van der Waals surface area contributed by atoms with E-state index in [2.05, 4.69) is 18.4 Å². The smallest absolute Gasteiger partial charge is 0.339 e. The minimum atomic E-state index is -2.54. The molecule has 2 aromatic rings. The second-order valence-electron chi connectivity index (χ2n) is 13.2. The number of carboxylic acid groups (broad SMARTS) is 1. The summed E-state index contributed by atoms with van der Waals surface area (Å²) in [7, 11) is 5.00. The van der Waals surface area contributed by atoms with E-state index in [1.165, 1.54) is 0 Å². The molecule has 0 radical (unpaired) electrons. The van der Waals surface area contributed by atoms with Gasteiger partial charge in [-0.15, -0.1) is 11.6 Å². The van der Waals surface area contributed by atoms with Crippen LogP contribution in [0.3, 0.4) is 0 Å². The van der Waals surface area contributed by atoms with Crippen molar-refractivity contribution in [2.24, 2.45) is 0 Å². The normalized spacial score (nSPS) is 14.7. The Morgan fingerprint density at radius 1 is 0.920 bits per heavy atom. The number of hydrogen-bond acceptors (Lipinski definition) is 5. The van der Waals surface area contributed by atoms with Crippen molar-refractivity contribution in [1.82, 2.24) is 5.32 Å². The summed E-state index contributed by atoms with van der Waals surface area (Å²) in [4.78, 5) is 27.8. The predicted octanol–water partition coefficient (Wildman–Crippen LogP) is 5.91. The van der Waals surface area contributed by atoms with Crippen LogP contribution in [0.2, 0.25) is 13.1 Å². The van der Waals surface area contributed by atoms with Crippen molar-refractivity contribution < 1.29 is 41.9 Å². The lowest BCUT2D eigenvalue weighted by Crippen LogP contribution is -2.50. The number of nitrogens with one attached hydrogen (secondary N) is 1. The Morgan fingerprint density at radius 3 is 2.22 bits per heavy atom. The van der Waals surface area contributed by atoms with E-state index in [4.69, 9.17) is 21.1 Å². The third-order valence-electron chi connectivity index (χ3n) is 9.01. The number of fused-ring (bicyclic) bond motifs is 2. The molecule has 4 rings (SSSR count). The molecule has 1 aliphatic heterocycles. The minimum Gasteiger partial charge on any atom is -0.478 e. The molecule has 0 saturated carbocycles. The molecule has 2 aliphatic rings. The van der Waals surface area contributed by atoms with E-state index in [9.17, 15) is 14.7 Å². The van der Waals surface area contributed by atoms with E-state index in [0.717, 1.165) is 47.5 Å². The minimum absolute atomic E-state index is 0.0108. The number of allylic oxidation sites excluding steroid dienone is 5. The SMILES string of the molecule is CN(C)c1ccc2c(c1)[Si](C)(C)C1=CC(=[N+](C)C)C=CC1=C2c1c(F)c(C(=O)NCCOCCOCCCCCCCl)c(F)c(F)c1C(=O)O. The van der Waals surface area contributed by atoms with Gasteiger partial charge in [-0.1, -0.05) is 32.0 Å². The van der Waals surface area contributed by atoms with Crippen molar-refractivity contribution in [3.8, 4) is 0 Å². The Balaban J connectivity index is 1.71. The number of anilines is 1. The fourth-order valence-corrected chi connectivity index (χ4v) is 9.50. The summed E-state index contributed by atoms with van der Waals surface area (Å²) < 4.78 is 61.0. The lowest BCUT2D eigenvalue weighted by molar-refractivity contribution is -0.462. The number of nitrogens with zero attached hydrogens (tertiary/aromatic N) is 2. The van der Waals surface area contributed by atoms with Gasteiger partial charge in [-0.2, -0.15) is 0 Å². The van der Waals surface area contributed by atoms with E-state index >= 15 is 13.2 Å². The Bertz CT molecular complexity index is 1770. The fourth-order valence-electron chi connectivity index (χ4n) is 6.25. The number of alkyl halides is 1. The molecule has 1 amide bonds. The summed E-state index contributed by atoms with van der Waals surface area (Å²) in [6, 6.07) is 5.54. The molecular weight excluding hydrogens is 687 g/mol. The number of aromatic carboxylic acids is 1. The first-order chi connectivity index (χ1) is 23.7. The number of ether oxygens (including phenoxy) is 2. The van der Waals surface area contributed by atoms with E-state index < -0.39 is 54.1 Å². The molecule has 270 valence electrons. The summed E-state index contributed by atoms with van der Waals surface area (Å²) in [6.07, 6.45) is 9.49. The molecule has 2 aromatic carbocycles. The van der Waals surface area contributed by atoms with Crippen molar-refractivity contribution in [2.45, 2.75) is 38.8 Å². The zero-order valence-corrected chi connectivity index (χ0v) is 31.3. The molecule has 0 fully saturated rings. The number of rotatable bonds is 16. The number of halogens is 4. The zero-order chi connectivity index (χ0) is 36.7. The molecule has 0 bridgehead atoms. The first-order valence-corrected chi connectivity index (χ1v) is 20.2. The molecule has 1 aliphatic carbocycles. The highest BCUT2D eigenvalue weighted by Crippen LogP contribution is 2.44. The lowest BCUT2D eigenvalue weighted by Gasteiger charge is -2.38. The average Bonchev–Trinajstić information content (AvgIpc) is 3.07. The molecular formula is C37H46ClF3N3O5Si+. The van der Waals surface area contributed by atoms with Gasteiger partial charge < -0.3 is 24.8 Å². The molecule has 1 heterocycles. The van der Waals surface area contributed by atoms with Crippen LogP contribution in [-0.2, 0) is 9.47 Å². The molecule has 13 heteroatoms. The third kappa shape index (κ3) is 8.25. The zero-order valence-electron chi connectivity index (χ0n) is 29.5. The molecule has 0 aromatic heterocycles. The molecule has 8 nitrogen and oxygen atoms in total. The number of carbonyl (C=O) groups is 2. The molecule has 0 unspecified atom stereocenters. The third-order valence-corrected chi connectivity index (χ3v) is 12.8. The van der Waals surface area contributed by atoms with Gasteiger partial charge in [0.1, 0.15) is 39.1 Å². The van der Waals surface area contributed by atoms with Gasteiger partial charge in [-0.25, -0.2) is 22.5 Å². The van der Waals surface area contributed by atoms with E-state index in [1.807, 2.05) is 62.0 Å².